The highest BCUT2D eigenvalue weighted by molar-refractivity contribution is 5.94. The van der Waals surface area contributed by atoms with Crippen molar-refractivity contribution in [3.8, 4) is 0 Å². The van der Waals surface area contributed by atoms with Crippen molar-refractivity contribution in [3.63, 3.8) is 0 Å². The minimum Gasteiger partial charge on any atom is -0.475 e. The topological polar surface area (TPSA) is 129 Å². The Labute approximate surface area is 201 Å². The molecule has 2 saturated heterocycles. The molecule has 0 unspecified atom stereocenters. The number of hydrogen-bond acceptors (Lipinski definition) is 6. The van der Waals surface area contributed by atoms with Crippen molar-refractivity contribution in [1.29, 1.82) is 0 Å². The molecule has 1 aromatic rings. The van der Waals surface area contributed by atoms with Gasteiger partial charge in [0.05, 0.1) is 18.0 Å². The lowest BCUT2D eigenvalue weighted by atomic mass is 9.91. The van der Waals surface area contributed by atoms with Gasteiger partial charge in [-0.05, 0) is 56.2 Å². The molecule has 0 aromatic carbocycles. The third-order valence-corrected chi connectivity index (χ3v) is 5.56. The zero-order chi connectivity index (χ0) is 27.1. The fourth-order valence-corrected chi connectivity index (χ4v) is 3.65. The van der Waals surface area contributed by atoms with Gasteiger partial charge >= 0.3 is 24.3 Å². The van der Waals surface area contributed by atoms with Gasteiger partial charge < -0.3 is 25.2 Å². The number of carboxylic acid groups (broad SMARTS) is 2. The second-order valence-corrected chi connectivity index (χ2v) is 8.49. The van der Waals surface area contributed by atoms with Gasteiger partial charge in [0, 0.05) is 19.3 Å². The molecule has 1 aromatic heterocycles. The minimum atomic E-state index is -5.08. The van der Waals surface area contributed by atoms with Gasteiger partial charge in [0.2, 0.25) is 0 Å². The molecule has 3 atom stereocenters. The number of carboxylic acids is 2. The summed E-state index contributed by atoms with van der Waals surface area (Å²) in [6.07, 6.45) is -2.08. The fraction of sp³-hybridized carbons (Fsp3) is 0.619. The SMILES string of the molecule is O=C(Nc1cccnc1)[C@H]1C[C@@H]2CCN(CC3CC3)C[C@H]2O1.O=C(O)C(F)(F)F.O=C(O)C(F)(F)F. The van der Waals surface area contributed by atoms with Crippen LogP contribution in [0.15, 0.2) is 24.5 Å². The third-order valence-electron chi connectivity index (χ3n) is 5.56. The van der Waals surface area contributed by atoms with Crippen molar-refractivity contribution in [1.82, 2.24) is 9.88 Å². The van der Waals surface area contributed by atoms with Crippen molar-refractivity contribution >= 4 is 23.5 Å². The van der Waals surface area contributed by atoms with E-state index < -0.39 is 24.3 Å². The predicted molar refractivity (Wildman–Crippen MR) is 111 cm³/mol. The highest BCUT2D eigenvalue weighted by atomic mass is 19.4. The lowest BCUT2D eigenvalue weighted by molar-refractivity contribution is -0.193. The van der Waals surface area contributed by atoms with Crippen LogP contribution in [-0.4, -0.2) is 82.1 Å². The van der Waals surface area contributed by atoms with E-state index in [1.165, 1.54) is 19.4 Å². The smallest absolute Gasteiger partial charge is 0.475 e. The van der Waals surface area contributed by atoms with Gasteiger partial charge in [-0.25, -0.2) is 9.59 Å². The number of rotatable bonds is 4. The molecular weight excluding hydrogens is 504 g/mol. The first-order valence-corrected chi connectivity index (χ1v) is 10.9. The predicted octanol–water partition coefficient (Wildman–Crippen LogP) is 3.18. The lowest BCUT2D eigenvalue weighted by Gasteiger charge is -2.34. The molecule has 3 fully saturated rings. The molecule has 1 aliphatic carbocycles. The maximum Gasteiger partial charge on any atom is 0.490 e. The van der Waals surface area contributed by atoms with Crippen LogP contribution in [0, 0.1) is 11.8 Å². The normalized spacial score (nSPS) is 23.8. The van der Waals surface area contributed by atoms with Crippen molar-refractivity contribution in [2.45, 2.75) is 50.2 Å². The van der Waals surface area contributed by atoms with Gasteiger partial charge in [0.1, 0.15) is 6.10 Å². The summed E-state index contributed by atoms with van der Waals surface area (Å²) in [7, 11) is 0. The van der Waals surface area contributed by atoms with E-state index >= 15 is 0 Å². The minimum absolute atomic E-state index is 0.0313. The van der Waals surface area contributed by atoms with Crippen molar-refractivity contribution in [3.05, 3.63) is 24.5 Å². The number of hydrogen-bond donors (Lipinski definition) is 3. The molecule has 2 aliphatic heterocycles. The number of carbonyl (C=O) groups is 3. The first kappa shape index (κ1) is 29.3. The van der Waals surface area contributed by atoms with Gasteiger partial charge in [-0.15, -0.1) is 0 Å². The largest absolute Gasteiger partial charge is 0.490 e. The Morgan fingerprint density at radius 2 is 1.64 bits per heavy atom. The molecule has 0 bridgehead atoms. The second kappa shape index (κ2) is 12.3. The summed E-state index contributed by atoms with van der Waals surface area (Å²) in [4.78, 5) is 36.7. The van der Waals surface area contributed by atoms with E-state index in [0.29, 0.717) is 5.92 Å². The number of aromatic nitrogens is 1. The molecule has 3 N–H and O–H groups in total. The molecule has 0 radical (unpaired) electrons. The zero-order valence-electron chi connectivity index (χ0n) is 18.8. The first-order valence-electron chi connectivity index (χ1n) is 10.9. The van der Waals surface area contributed by atoms with Crippen LogP contribution in [0.3, 0.4) is 0 Å². The number of nitrogens with zero attached hydrogens (tertiary/aromatic N) is 2. The van der Waals surface area contributed by atoms with Crippen molar-refractivity contribution in [2.75, 3.05) is 25.0 Å². The number of aliphatic carboxylic acids is 2. The zero-order valence-corrected chi connectivity index (χ0v) is 18.8. The van der Waals surface area contributed by atoms with Gasteiger partial charge in [0.25, 0.3) is 5.91 Å². The molecule has 3 aliphatic rings. The molecule has 36 heavy (non-hydrogen) atoms. The number of anilines is 1. The Balaban J connectivity index is 0.000000271. The molecular formula is C21H25F6N3O6. The number of alkyl halides is 6. The number of likely N-dealkylation sites (tertiary alicyclic amines) is 1. The number of carbonyl (C=O) groups excluding carboxylic acids is 1. The maximum absolute atomic E-state index is 12.3. The van der Waals surface area contributed by atoms with E-state index in [1.807, 2.05) is 12.1 Å². The summed E-state index contributed by atoms with van der Waals surface area (Å²) in [6, 6.07) is 3.67. The van der Waals surface area contributed by atoms with Gasteiger partial charge in [-0.3, -0.25) is 9.78 Å². The Hall–Kier alpha value is -2.94. The van der Waals surface area contributed by atoms with Crippen molar-refractivity contribution < 1.29 is 55.7 Å². The van der Waals surface area contributed by atoms with Crippen molar-refractivity contribution in [2.24, 2.45) is 11.8 Å². The van der Waals surface area contributed by atoms with Gasteiger partial charge in [-0.1, -0.05) is 0 Å². The number of halogens is 6. The number of ether oxygens (including phenoxy) is 1. The Morgan fingerprint density at radius 1 is 1.06 bits per heavy atom. The number of nitrogens with one attached hydrogen (secondary N) is 1. The molecule has 3 heterocycles. The van der Waals surface area contributed by atoms with E-state index in [0.717, 1.165) is 37.5 Å². The summed E-state index contributed by atoms with van der Waals surface area (Å²) in [5.74, 6) is -4.08. The average Bonchev–Trinajstić information content (AvgIpc) is 3.48. The molecule has 15 heteroatoms. The summed E-state index contributed by atoms with van der Waals surface area (Å²) >= 11 is 0. The van der Waals surface area contributed by atoms with Gasteiger partial charge in [0.15, 0.2) is 0 Å². The molecule has 0 spiro atoms. The van der Waals surface area contributed by atoms with Crippen LogP contribution in [0.5, 0.6) is 0 Å². The highest BCUT2D eigenvalue weighted by Crippen LogP contribution is 2.36. The highest BCUT2D eigenvalue weighted by Gasteiger charge is 2.42. The van der Waals surface area contributed by atoms with Crippen LogP contribution in [0.1, 0.15) is 25.7 Å². The van der Waals surface area contributed by atoms with Crippen LogP contribution in [0.25, 0.3) is 0 Å². The summed E-state index contributed by atoms with van der Waals surface area (Å²) in [5.41, 5.74) is 0.737. The second-order valence-electron chi connectivity index (χ2n) is 8.49. The number of pyridine rings is 1. The molecule has 4 rings (SSSR count). The summed E-state index contributed by atoms with van der Waals surface area (Å²) < 4.78 is 69.5. The quantitative estimate of drug-likeness (QED) is 0.508. The Kier molecular flexibility index (Phi) is 10.0. The number of piperidine rings is 1. The van der Waals surface area contributed by atoms with E-state index in [1.54, 1.807) is 12.4 Å². The van der Waals surface area contributed by atoms with E-state index in [-0.39, 0.29) is 18.1 Å². The molecule has 202 valence electrons. The summed E-state index contributed by atoms with van der Waals surface area (Å²) in [5, 5.41) is 17.2. The monoisotopic (exact) mass is 529 g/mol. The lowest BCUT2D eigenvalue weighted by Crippen LogP contribution is -2.43. The molecule has 1 saturated carbocycles. The average molecular weight is 529 g/mol. The molecule has 1 amide bonds. The Bertz CT molecular complexity index is 870. The maximum atomic E-state index is 12.3. The first-order chi connectivity index (χ1) is 16.7. The molecule has 9 nitrogen and oxygen atoms in total. The van der Waals surface area contributed by atoms with Crippen LogP contribution in [-0.2, 0) is 19.1 Å². The van der Waals surface area contributed by atoms with E-state index in [4.69, 9.17) is 24.5 Å². The number of amides is 1. The van der Waals surface area contributed by atoms with E-state index in [2.05, 4.69) is 15.2 Å². The van der Waals surface area contributed by atoms with Crippen LogP contribution >= 0.6 is 0 Å². The summed E-state index contributed by atoms with van der Waals surface area (Å²) in [6.45, 7) is 3.38. The number of fused-ring (bicyclic) bond motifs is 1. The fourth-order valence-electron chi connectivity index (χ4n) is 3.65. The van der Waals surface area contributed by atoms with Gasteiger partial charge in [-0.2, -0.15) is 26.3 Å². The standard InChI is InChI=1S/C17H23N3O2.2C2HF3O2/c21-17(19-14-2-1-6-18-9-14)15-8-13-5-7-20(10-12-3-4-12)11-16(13)22-15;2*3-2(4,5)1(6)7/h1-2,6,9,12-13,15-16H,3-5,7-8,10-11H2,(H,19,21);2*(H,6,7)/t13-,15+,16+;;/m0../s1. The Morgan fingerprint density at radius 3 is 2.11 bits per heavy atom. The van der Waals surface area contributed by atoms with Crippen LogP contribution in [0.2, 0.25) is 0 Å². The van der Waals surface area contributed by atoms with E-state index in [9.17, 15) is 31.1 Å². The van der Waals surface area contributed by atoms with Crippen LogP contribution in [0.4, 0.5) is 32.0 Å². The van der Waals surface area contributed by atoms with Crippen LogP contribution < -0.4 is 5.32 Å². The third kappa shape index (κ3) is 9.97.